The van der Waals surface area contributed by atoms with Crippen LogP contribution in [0.15, 0.2) is 96.3 Å². The van der Waals surface area contributed by atoms with E-state index >= 15 is 0 Å². The molecule has 0 aliphatic heterocycles. The molecule has 0 saturated carbocycles. The van der Waals surface area contributed by atoms with Gasteiger partial charge >= 0.3 is 0 Å². The van der Waals surface area contributed by atoms with Crippen LogP contribution in [0.1, 0.15) is 103 Å². The Labute approximate surface area is 223 Å². The molecule has 198 valence electrons. The number of rotatable bonds is 17. The zero-order valence-electron chi connectivity index (χ0n) is 24.3. The first-order valence-electron chi connectivity index (χ1n) is 13.9. The fraction of sp³-hybridized carbons (Fsp3) is 0.486. The van der Waals surface area contributed by atoms with Crippen molar-refractivity contribution >= 4 is 0 Å². The average molecular weight is 488 g/mol. The molecule has 0 fully saturated rings. The fourth-order valence-corrected chi connectivity index (χ4v) is 5.39. The molecule has 1 nitrogen and oxygen atoms in total. The van der Waals surface area contributed by atoms with Crippen LogP contribution < -0.4 is 5.73 Å². The summed E-state index contributed by atoms with van der Waals surface area (Å²) in [5.41, 5.74) is 16.1. The van der Waals surface area contributed by atoms with Crippen molar-refractivity contribution in [1.29, 1.82) is 0 Å². The minimum absolute atomic E-state index is 0.0561. The molecule has 1 rings (SSSR count). The highest BCUT2D eigenvalue weighted by molar-refractivity contribution is 5.54. The van der Waals surface area contributed by atoms with Gasteiger partial charge in [0.25, 0.3) is 0 Å². The van der Waals surface area contributed by atoms with E-state index in [0.29, 0.717) is 17.5 Å². The Morgan fingerprint density at radius 1 is 1.00 bits per heavy atom. The normalized spacial score (nSPS) is 14.3. The maximum absolute atomic E-state index is 6.55. The van der Waals surface area contributed by atoms with Gasteiger partial charge in [-0.25, -0.2) is 0 Å². The molecule has 2 N–H and O–H groups in total. The smallest absolute Gasteiger partial charge is 0.0361 e. The quantitative estimate of drug-likeness (QED) is 0.132. The minimum Gasteiger partial charge on any atom is -0.399 e. The van der Waals surface area contributed by atoms with Gasteiger partial charge < -0.3 is 5.73 Å². The Balaban J connectivity index is 3.41. The molecular formula is C35H53N. The molecule has 0 saturated heterocycles. The Kier molecular flexibility index (Phi) is 14.2. The number of hydrogen-bond donors (Lipinski definition) is 1. The molecule has 0 aliphatic carbocycles. The van der Waals surface area contributed by atoms with Crippen LogP contribution in [0.2, 0.25) is 0 Å². The van der Waals surface area contributed by atoms with E-state index in [0.717, 1.165) is 32.1 Å². The predicted octanol–water partition coefficient (Wildman–Crippen LogP) is 10.5. The maximum atomic E-state index is 6.55. The van der Waals surface area contributed by atoms with Gasteiger partial charge in [0.05, 0.1) is 0 Å². The Morgan fingerprint density at radius 3 is 2.22 bits per heavy atom. The SMILES string of the molecule is C=CCC(C=C)C(C)CCCC(=C)C(=C(C)C)C(/C(C(=C)N)=C(\C)CCCCC)c1cccc(C)c1. The van der Waals surface area contributed by atoms with Gasteiger partial charge in [0.15, 0.2) is 0 Å². The van der Waals surface area contributed by atoms with Crippen LogP contribution in [-0.2, 0) is 0 Å². The molecule has 1 heteroatoms. The highest BCUT2D eigenvalue weighted by Crippen LogP contribution is 2.42. The van der Waals surface area contributed by atoms with E-state index in [9.17, 15) is 0 Å². The first-order valence-corrected chi connectivity index (χ1v) is 13.9. The summed E-state index contributed by atoms with van der Waals surface area (Å²) in [6.45, 7) is 30.3. The number of nitrogens with two attached hydrogens (primary N) is 1. The van der Waals surface area contributed by atoms with Crippen LogP contribution in [0.5, 0.6) is 0 Å². The third-order valence-electron chi connectivity index (χ3n) is 7.44. The summed E-state index contributed by atoms with van der Waals surface area (Å²) in [6, 6.07) is 8.85. The van der Waals surface area contributed by atoms with Crippen molar-refractivity contribution in [2.45, 2.75) is 98.8 Å². The van der Waals surface area contributed by atoms with Crippen LogP contribution in [0.4, 0.5) is 0 Å². The lowest BCUT2D eigenvalue weighted by Crippen LogP contribution is -2.16. The monoisotopic (exact) mass is 487 g/mol. The van der Waals surface area contributed by atoms with E-state index < -0.39 is 0 Å². The molecule has 1 aromatic carbocycles. The van der Waals surface area contributed by atoms with Crippen LogP contribution in [0.3, 0.4) is 0 Å². The first kappa shape index (κ1) is 31.5. The molecule has 0 aromatic heterocycles. The Hall–Kier alpha value is -2.54. The Morgan fingerprint density at radius 2 is 1.69 bits per heavy atom. The summed E-state index contributed by atoms with van der Waals surface area (Å²) in [6.07, 6.45) is 13.0. The van der Waals surface area contributed by atoms with Crippen LogP contribution in [0, 0.1) is 18.8 Å². The average Bonchev–Trinajstić information content (AvgIpc) is 2.81. The van der Waals surface area contributed by atoms with Gasteiger partial charge in [0, 0.05) is 11.6 Å². The number of allylic oxidation sites excluding steroid dienone is 7. The van der Waals surface area contributed by atoms with Crippen molar-refractivity contribution < 1.29 is 0 Å². The van der Waals surface area contributed by atoms with Gasteiger partial charge in [-0.05, 0) is 94.8 Å². The molecule has 3 unspecified atom stereocenters. The highest BCUT2D eigenvalue weighted by Gasteiger charge is 2.27. The van der Waals surface area contributed by atoms with Crippen molar-refractivity contribution in [1.82, 2.24) is 0 Å². The molecule has 0 amide bonds. The lowest BCUT2D eigenvalue weighted by molar-refractivity contribution is 0.394. The third-order valence-corrected chi connectivity index (χ3v) is 7.44. The highest BCUT2D eigenvalue weighted by atomic mass is 14.6. The van der Waals surface area contributed by atoms with E-state index in [1.807, 2.05) is 6.08 Å². The second-order valence-corrected chi connectivity index (χ2v) is 10.8. The Bertz CT molecular complexity index is 951. The van der Waals surface area contributed by atoms with Crippen molar-refractivity contribution in [3.05, 3.63) is 107 Å². The minimum atomic E-state index is 0.0561. The zero-order chi connectivity index (χ0) is 27.3. The number of benzene rings is 1. The second kappa shape index (κ2) is 16.3. The van der Waals surface area contributed by atoms with E-state index in [4.69, 9.17) is 5.73 Å². The predicted molar refractivity (Wildman–Crippen MR) is 163 cm³/mol. The van der Waals surface area contributed by atoms with Crippen molar-refractivity contribution in [2.24, 2.45) is 17.6 Å². The largest absolute Gasteiger partial charge is 0.399 e. The molecule has 0 spiro atoms. The van der Waals surface area contributed by atoms with E-state index in [-0.39, 0.29) is 5.92 Å². The first-order chi connectivity index (χ1) is 17.1. The molecule has 0 bridgehead atoms. The summed E-state index contributed by atoms with van der Waals surface area (Å²) in [5, 5.41) is 0. The molecule has 1 aromatic rings. The molecule has 0 aliphatic rings. The topological polar surface area (TPSA) is 26.0 Å². The summed E-state index contributed by atoms with van der Waals surface area (Å²) < 4.78 is 0. The summed E-state index contributed by atoms with van der Waals surface area (Å²) in [7, 11) is 0. The molecular weight excluding hydrogens is 434 g/mol. The fourth-order valence-electron chi connectivity index (χ4n) is 5.39. The van der Waals surface area contributed by atoms with Gasteiger partial charge in [-0.3, -0.25) is 0 Å². The number of unbranched alkanes of at least 4 members (excludes halogenated alkanes) is 2. The van der Waals surface area contributed by atoms with Crippen molar-refractivity contribution in [3.63, 3.8) is 0 Å². The van der Waals surface area contributed by atoms with E-state index in [1.165, 1.54) is 58.3 Å². The summed E-state index contributed by atoms with van der Waals surface area (Å²) in [4.78, 5) is 0. The van der Waals surface area contributed by atoms with E-state index in [2.05, 4.69) is 98.2 Å². The summed E-state index contributed by atoms with van der Waals surface area (Å²) >= 11 is 0. The van der Waals surface area contributed by atoms with Gasteiger partial charge in [-0.15, -0.1) is 13.2 Å². The zero-order valence-corrected chi connectivity index (χ0v) is 24.3. The number of hydrogen-bond acceptors (Lipinski definition) is 1. The number of aryl methyl sites for hydroxylation is 1. The molecule has 0 radical (unpaired) electrons. The molecule has 36 heavy (non-hydrogen) atoms. The second-order valence-electron chi connectivity index (χ2n) is 10.8. The van der Waals surface area contributed by atoms with Crippen LogP contribution in [0.25, 0.3) is 0 Å². The molecule has 0 heterocycles. The van der Waals surface area contributed by atoms with Crippen molar-refractivity contribution in [2.75, 3.05) is 0 Å². The van der Waals surface area contributed by atoms with E-state index in [1.54, 1.807) is 0 Å². The lowest BCUT2D eigenvalue weighted by atomic mass is 9.75. The van der Waals surface area contributed by atoms with Gasteiger partial charge in [-0.1, -0.05) is 98.5 Å². The van der Waals surface area contributed by atoms with Crippen molar-refractivity contribution in [3.8, 4) is 0 Å². The standard InChI is InChI=1S/C35H53N/c1-11-14-15-20-29(9)34(30(10)36)35(32-23-16-19-26(6)24-32)33(25(4)5)28(8)22-17-21-27(7)31(13-3)18-12-2/h12-13,16,19,23-24,27,31,35H,2-3,8,10-11,14-15,17-18,20-22,36H2,1,4-7,9H3/b34-29+. The third kappa shape index (κ3) is 9.49. The molecule has 3 atom stereocenters. The van der Waals surface area contributed by atoms with Gasteiger partial charge in [-0.2, -0.15) is 0 Å². The van der Waals surface area contributed by atoms with Crippen LogP contribution >= 0.6 is 0 Å². The maximum Gasteiger partial charge on any atom is 0.0361 e. The summed E-state index contributed by atoms with van der Waals surface area (Å²) in [5.74, 6) is 1.12. The lowest BCUT2D eigenvalue weighted by Gasteiger charge is -2.30. The van der Waals surface area contributed by atoms with Gasteiger partial charge in [0.2, 0.25) is 0 Å². The van der Waals surface area contributed by atoms with Crippen LogP contribution in [-0.4, -0.2) is 0 Å². The van der Waals surface area contributed by atoms with Gasteiger partial charge in [0.1, 0.15) is 0 Å².